The molecule has 7 heteroatoms. The van der Waals surface area contributed by atoms with Gasteiger partial charge in [-0.3, -0.25) is 4.79 Å². The number of rotatable bonds is 6. The number of amides is 1. The Morgan fingerprint density at radius 1 is 1.35 bits per heavy atom. The Morgan fingerprint density at radius 3 is 2.96 bits per heavy atom. The fourth-order valence-corrected chi connectivity index (χ4v) is 3.40. The van der Waals surface area contributed by atoms with E-state index in [2.05, 4.69) is 33.8 Å². The molecule has 1 fully saturated rings. The number of aromatic nitrogens is 1. The third-order valence-corrected chi connectivity index (χ3v) is 4.85. The highest BCUT2D eigenvalue weighted by atomic mass is 16.2. The summed E-state index contributed by atoms with van der Waals surface area (Å²) in [6, 6.07) is 7.69. The average molecular weight is 350 g/mol. The number of pyridine rings is 1. The first-order valence-electron chi connectivity index (χ1n) is 8.90. The van der Waals surface area contributed by atoms with Crippen LogP contribution in [0.15, 0.2) is 30.5 Å². The van der Waals surface area contributed by atoms with E-state index in [1.54, 1.807) is 23.2 Å². The molecule has 1 aromatic heterocycles. The second-order valence-electron chi connectivity index (χ2n) is 6.67. The Bertz CT molecular complexity index is 745. The smallest absolute Gasteiger partial charge is 0.237 e. The molecule has 3 rings (SSSR count). The van der Waals surface area contributed by atoms with Crippen LogP contribution in [0, 0.1) is 28.6 Å². The molecule has 1 saturated heterocycles. The SMILES string of the molecule is N#Cc1ccc(NCC2C=CC(NCC(=O)N3CCC[C@H]3C#N)C2)nc1. The number of hydrogen-bond donors (Lipinski definition) is 2. The van der Waals surface area contributed by atoms with Crippen molar-refractivity contribution in [3.8, 4) is 12.1 Å². The normalized spacial score (nSPS) is 24.2. The molecule has 26 heavy (non-hydrogen) atoms. The van der Waals surface area contributed by atoms with E-state index >= 15 is 0 Å². The average Bonchev–Trinajstić information content (AvgIpc) is 3.34. The van der Waals surface area contributed by atoms with Crippen LogP contribution in [0.4, 0.5) is 5.82 Å². The monoisotopic (exact) mass is 350 g/mol. The van der Waals surface area contributed by atoms with Gasteiger partial charge >= 0.3 is 0 Å². The van der Waals surface area contributed by atoms with Gasteiger partial charge < -0.3 is 15.5 Å². The van der Waals surface area contributed by atoms with Gasteiger partial charge in [-0.2, -0.15) is 10.5 Å². The summed E-state index contributed by atoms with van der Waals surface area (Å²) in [6.07, 6.45) is 8.39. The van der Waals surface area contributed by atoms with Gasteiger partial charge in [-0.1, -0.05) is 12.2 Å². The van der Waals surface area contributed by atoms with Gasteiger partial charge in [0, 0.05) is 25.3 Å². The zero-order chi connectivity index (χ0) is 18.4. The molecular weight excluding hydrogens is 328 g/mol. The first kappa shape index (κ1) is 17.9. The van der Waals surface area contributed by atoms with Crippen LogP contribution >= 0.6 is 0 Å². The van der Waals surface area contributed by atoms with Crippen molar-refractivity contribution in [3.63, 3.8) is 0 Å². The standard InChI is InChI=1S/C19H22N6O/c20-9-15-4-6-18(24-12-15)23-11-14-3-5-16(8-14)22-13-19(26)25-7-1-2-17(25)10-21/h3-6,12,14,16-17,22H,1-2,7-8,11,13H2,(H,23,24)/t14?,16?,17-/m0/s1. The molecule has 0 aromatic carbocycles. The molecular formula is C19H22N6O. The molecule has 134 valence electrons. The van der Waals surface area contributed by atoms with E-state index in [0.717, 1.165) is 31.6 Å². The van der Waals surface area contributed by atoms with E-state index in [4.69, 9.17) is 10.5 Å². The molecule has 1 aliphatic carbocycles. The lowest BCUT2D eigenvalue weighted by atomic mass is 10.1. The molecule has 1 aromatic rings. The maximum atomic E-state index is 12.3. The highest BCUT2D eigenvalue weighted by Crippen LogP contribution is 2.19. The number of nitrogens with zero attached hydrogens (tertiary/aromatic N) is 4. The molecule has 2 N–H and O–H groups in total. The zero-order valence-electron chi connectivity index (χ0n) is 14.6. The van der Waals surface area contributed by atoms with Gasteiger partial charge in [-0.15, -0.1) is 0 Å². The largest absolute Gasteiger partial charge is 0.369 e. The molecule has 2 unspecified atom stereocenters. The Hall–Kier alpha value is -2.90. The molecule has 2 heterocycles. The van der Waals surface area contributed by atoms with Crippen LogP contribution in [0.25, 0.3) is 0 Å². The Labute approximate surface area is 153 Å². The second kappa shape index (κ2) is 8.46. The van der Waals surface area contributed by atoms with Gasteiger partial charge in [0.15, 0.2) is 0 Å². The van der Waals surface area contributed by atoms with Crippen LogP contribution < -0.4 is 10.6 Å². The fourth-order valence-electron chi connectivity index (χ4n) is 3.40. The van der Waals surface area contributed by atoms with Crippen molar-refractivity contribution in [3.05, 3.63) is 36.0 Å². The highest BCUT2D eigenvalue weighted by molar-refractivity contribution is 5.79. The van der Waals surface area contributed by atoms with Gasteiger partial charge in [0.2, 0.25) is 5.91 Å². The molecule has 0 radical (unpaired) electrons. The van der Waals surface area contributed by atoms with Crippen LogP contribution in [0.1, 0.15) is 24.8 Å². The van der Waals surface area contributed by atoms with Crippen LogP contribution in [0.3, 0.4) is 0 Å². The first-order chi connectivity index (χ1) is 12.7. The van der Waals surface area contributed by atoms with Crippen molar-refractivity contribution in [2.75, 3.05) is 25.0 Å². The van der Waals surface area contributed by atoms with E-state index in [-0.39, 0.29) is 24.5 Å². The van der Waals surface area contributed by atoms with Gasteiger partial charge in [0.1, 0.15) is 17.9 Å². The maximum absolute atomic E-state index is 12.3. The van der Waals surface area contributed by atoms with Crippen molar-refractivity contribution in [2.24, 2.45) is 5.92 Å². The van der Waals surface area contributed by atoms with Crippen molar-refractivity contribution >= 4 is 11.7 Å². The summed E-state index contributed by atoms with van der Waals surface area (Å²) in [7, 11) is 0. The minimum Gasteiger partial charge on any atom is -0.369 e. The van der Waals surface area contributed by atoms with Crippen LogP contribution in [-0.4, -0.2) is 47.5 Å². The van der Waals surface area contributed by atoms with E-state index in [1.807, 2.05) is 6.07 Å². The number of carbonyl (C=O) groups excluding carboxylic acids is 1. The van der Waals surface area contributed by atoms with Gasteiger partial charge in [0.25, 0.3) is 0 Å². The van der Waals surface area contributed by atoms with Crippen molar-refractivity contribution in [1.29, 1.82) is 10.5 Å². The van der Waals surface area contributed by atoms with Crippen LogP contribution in [0.2, 0.25) is 0 Å². The van der Waals surface area contributed by atoms with Crippen molar-refractivity contribution in [2.45, 2.75) is 31.3 Å². The van der Waals surface area contributed by atoms with E-state index in [0.29, 0.717) is 18.0 Å². The lowest BCUT2D eigenvalue weighted by Gasteiger charge is -2.21. The molecule has 0 saturated carbocycles. The minimum atomic E-state index is -0.264. The van der Waals surface area contributed by atoms with Gasteiger partial charge in [-0.05, 0) is 37.3 Å². The highest BCUT2D eigenvalue weighted by Gasteiger charge is 2.28. The number of anilines is 1. The second-order valence-corrected chi connectivity index (χ2v) is 6.67. The molecule has 7 nitrogen and oxygen atoms in total. The lowest BCUT2D eigenvalue weighted by molar-refractivity contribution is -0.130. The van der Waals surface area contributed by atoms with Crippen molar-refractivity contribution in [1.82, 2.24) is 15.2 Å². The summed E-state index contributed by atoms with van der Waals surface area (Å²) in [5, 5.41) is 24.4. The predicted molar refractivity (Wildman–Crippen MR) is 96.8 cm³/mol. The third kappa shape index (κ3) is 4.38. The van der Waals surface area contributed by atoms with Crippen LogP contribution in [0.5, 0.6) is 0 Å². The number of likely N-dealkylation sites (tertiary alicyclic amines) is 1. The quantitative estimate of drug-likeness (QED) is 0.752. The third-order valence-electron chi connectivity index (χ3n) is 4.85. The topological polar surface area (TPSA) is 105 Å². The summed E-state index contributed by atoms with van der Waals surface area (Å²) in [6.45, 7) is 1.71. The molecule has 0 spiro atoms. The van der Waals surface area contributed by atoms with E-state index in [1.165, 1.54) is 0 Å². The molecule has 3 atom stereocenters. The summed E-state index contributed by atoms with van der Waals surface area (Å²) < 4.78 is 0. The van der Waals surface area contributed by atoms with E-state index in [9.17, 15) is 4.79 Å². The predicted octanol–water partition coefficient (Wildman–Crippen LogP) is 1.41. The Balaban J connectivity index is 1.39. The van der Waals surface area contributed by atoms with Gasteiger partial charge in [0.05, 0.1) is 18.2 Å². The Morgan fingerprint density at radius 2 is 2.23 bits per heavy atom. The maximum Gasteiger partial charge on any atom is 0.237 e. The summed E-state index contributed by atoms with van der Waals surface area (Å²) in [5.41, 5.74) is 0.543. The van der Waals surface area contributed by atoms with E-state index < -0.39 is 0 Å². The summed E-state index contributed by atoms with van der Waals surface area (Å²) >= 11 is 0. The fraction of sp³-hybridized carbons (Fsp3) is 0.474. The molecule has 1 amide bonds. The van der Waals surface area contributed by atoms with Gasteiger partial charge in [-0.25, -0.2) is 4.98 Å². The minimum absolute atomic E-state index is 0.00538. The lowest BCUT2D eigenvalue weighted by Crippen LogP contribution is -2.42. The Kier molecular flexibility index (Phi) is 5.83. The van der Waals surface area contributed by atoms with Crippen molar-refractivity contribution < 1.29 is 4.79 Å². The molecule has 2 aliphatic rings. The summed E-state index contributed by atoms with van der Waals surface area (Å²) in [4.78, 5) is 18.1. The number of nitrogens with one attached hydrogen (secondary N) is 2. The molecule has 0 bridgehead atoms. The number of carbonyl (C=O) groups is 1. The number of nitriles is 2. The first-order valence-corrected chi connectivity index (χ1v) is 8.90. The summed E-state index contributed by atoms with van der Waals surface area (Å²) in [5.74, 6) is 1.12. The molecule has 1 aliphatic heterocycles. The number of hydrogen-bond acceptors (Lipinski definition) is 6. The zero-order valence-corrected chi connectivity index (χ0v) is 14.6. The van der Waals surface area contributed by atoms with Crippen LogP contribution in [-0.2, 0) is 4.79 Å².